The van der Waals surface area contributed by atoms with Crippen LogP contribution in [0.2, 0.25) is 0 Å². The normalized spacial score (nSPS) is 14.7. The van der Waals surface area contributed by atoms with Crippen molar-refractivity contribution >= 4 is 17.5 Å². The number of amides is 1. The van der Waals surface area contributed by atoms with Gasteiger partial charge >= 0.3 is 0 Å². The van der Waals surface area contributed by atoms with E-state index in [4.69, 9.17) is 0 Å². The summed E-state index contributed by atoms with van der Waals surface area (Å²) in [5.74, 6) is 0.554. The molecule has 26 heavy (non-hydrogen) atoms. The molecule has 1 aliphatic rings. The first-order valence-electron chi connectivity index (χ1n) is 9.14. The van der Waals surface area contributed by atoms with Gasteiger partial charge in [0.15, 0.2) is 0 Å². The second kappa shape index (κ2) is 7.72. The Bertz CT molecular complexity index is 764. The Balaban J connectivity index is 1.63. The highest BCUT2D eigenvalue weighted by Gasteiger charge is 2.21. The molecule has 1 aromatic carbocycles. The van der Waals surface area contributed by atoms with Crippen LogP contribution in [0.4, 0.5) is 11.6 Å². The maximum atomic E-state index is 12.0. The van der Waals surface area contributed by atoms with E-state index in [1.807, 2.05) is 13.8 Å². The summed E-state index contributed by atoms with van der Waals surface area (Å²) >= 11 is 0. The monoisotopic (exact) mass is 353 g/mol. The van der Waals surface area contributed by atoms with Crippen LogP contribution >= 0.6 is 0 Å². The van der Waals surface area contributed by atoms with Crippen molar-refractivity contribution < 1.29 is 4.79 Å². The number of benzene rings is 1. The van der Waals surface area contributed by atoms with Gasteiger partial charge in [0.05, 0.1) is 5.56 Å². The highest BCUT2D eigenvalue weighted by molar-refractivity contribution is 5.93. The average molecular weight is 353 g/mol. The van der Waals surface area contributed by atoms with E-state index < -0.39 is 0 Å². The Hall–Kier alpha value is -2.63. The molecule has 1 N–H and O–H groups in total. The lowest BCUT2D eigenvalue weighted by molar-refractivity contribution is 0.0942. The van der Waals surface area contributed by atoms with Gasteiger partial charge in [0.2, 0.25) is 5.95 Å². The van der Waals surface area contributed by atoms with E-state index in [0.717, 1.165) is 26.2 Å². The molecule has 0 bridgehead atoms. The summed E-state index contributed by atoms with van der Waals surface area (Å²) in [6.45, 7) is 11.8. The molecule has 138 valence electrons. The van der Waals surface area contributed by atoms with E-state index in [-0.39, 0.29) is 11.9 Å². The molecule has 0 aliphatic carbocycles. The Labute approximate surface area is 155 Å². The fraction of sp³-hybridized carbons (Fsp3) is 0.450. The molecule has 0 radical (unpaired) electrons. The molecule has 0 unspecified atom stereocenters. The van der Waals surface area contributed by atoms with Crippen LogP contribution in [-0.4, -0.2) is 48.1 Å². The first-order chi connectivity index (χ1) is 12.5. The molecule has 2 heterocycles. The van der Waals surface area contributed by atoms with Crippen molar-refractivity contribution in [2.24, 2.45) is 0 Å². The number of piperazine rings is 1. The Morgan fingerprint density at radius 3 is 2.27 bits per heavy atom. The van der Waals surface area contributed by atoms with E-state index in [9.17, 15) is 4.79 Å². The van der Waals surface area contributed by atoms with Crippen LogP contribution in [0.1, 0.15) is 35.3 Å². The highest BCUT2D eigenvalue weighted by Crippen LogP contribution is 2.24. The number of aryl methyl sites for hydroxylation is 1. The molecule has 0 atom stereocenters. The number of hydrogen-bond donors (Lipinski definition) is 1. The second-order valence-electron chi connectivity index (χ2n) is 7.09. The Kier molecular flexibility index (Phi) is 5.40. The van der Waals surface area contributed by atoms with Gasteiger partial charge in [0.1, 0.15) is 0 Å². The molecule has 1 saturated heterocycles. The summed E-state index contributed by atoms with van der Waals surface area (Å²) in [5.41, 5.74) is 4.48. The topological polar surface area (TPSA) is 61.4 Å². The van der Waals surface area contributed by atoms with Crippen LogP contribution < -0.4 is 15.1 Å². The SMILES string of the molecule is Cc1cccc(N2CCN(c3ncc(C(=O)NC(C)C)cn3)CC2)c1C. The van der Waals surface area contributed by atoms with E-state index in [1.54, 1.807) is 12.4 Å². The van der Waals surface area contributed by atoms with Crippen molar-refractivity contribution in [1.82, 2.24) is 15.3 Å². The Morgan fingerprint density at radius 1 is 1.04 bits per heavy atom. The van der Waals surface area contributed by atoms with Crippen molar-refractivity contribution in [3.05, 3.63) is 47.3 Å². The highest BCUT2D eigenvalue weighted by atomic mass is 16.1. The smallest absolute Gasteiger partial charge is 0.254 e. The second-order valence-corrected chi connectivity index (χ2v) is 7.09. The number of nitrogens with zero attached hydrogens (tertiary/aromatic N) is 4. The number of nitrogens with one attached hydrogen (secondary N) is 1. The average Bonchev–Trinajstić information content (AvgIpc) is 2.64. The van der Waals surface area contributed by atoms with Crippen molar-refractivity contribution in [3.8, 4) is 0 Å². The van der Waals surface area contributed by atoms with Gasteiger partial charge in [-0.2, -0.15) is 0 Å². The molecule has 6 nitrogen and oxygen atoms in total. The van der Waals surface area contributed by atoms with Crippen LogP contribution in [0.15, 0.2) is 30.6 Å². The predicted octanol–water partition coefficient (Wildman–Crippen LogP) is 2.56. The minimum Gasteiger partial charge on any atom is -0.368 e. The molecule has 1 aromatic heterocycles. The lowest BCUT2D eigenvalue weighted by atomic mass is 10.1. The largest absolute Gasteiger partial charge is 0.368 e. The molecule has 6 heteroatoms. The van der Waals surface area contributed by atoms with E-state index in [0.29, 0.717) is 11.5 Å². The summed E-state index contributed by atoms with van der Waals surface area (Å²) < 4.78 is 0. The number of aromatic nitrogens is 2. The molecule has 2 aromatic rings. The standard InChI is InChI=1S/C20H27N5O/c1-14(2)23-19(26)17-12-21-20(22-13-17)25-10-8-24(9-11-25)18-7-5-6-15(3)16(18)4/h5-7,12-14H,8-11H2,1-4H3,(H,23,26). The van der Waals surface area contributed by atoms with E-state index in [2.05, 4.69) is 57.1 Å². The number of rotatable bonds is 4. The van der Waals surface area contributed by atoms with Gasteiger partial charge in [0.25, 0.3) is 5.91 Å². The molecule has 1 amide bonds. The van der Waals surface area contributed by atoms with Gasteiger partial charge in [0, 0.05) is 50.3 Å². The molecule has 0 spiro atoms. The van der Waals surface area contributed by atoms with Gasteiger partial charge in [-0.3, -0.25) is 4.79 Å². The van der Waals surface area contributed by atoms with Crippen molar-refractivity contribution in [3.63, 3.8) is 0 Å². The molecule has 0 saturated carbocycles. The third kappa shape index (κ3) is 3.95. The van der Waals surface area contributed by atoms with Crippen LogP contribution in [0.5, 0.6) is 0 Å². The van der Waals surface area contributed by atoms with Gasteiger partial charge in [-0.05, 0) is 44.9 Å². The Morgan fingerprint density at radius 2 is 1.65 bits per heavy atom. The molecular weight excluding hydrogens is 326 g/mol. The number of anilines is 2. The lowest BCUT2D eigenvalue weighted by Gasteiger charge is -2.37. The van der Waals surface area contributed by atoms with Crippen molar-refractivity contribution in [1.29, 1.82) is 0 Å². The summed E-state index contributed by atoms with van der Waals surface area (Å²) in [4.78, 5) is 25.4. The molecular formula is C20H27N5O. The zero-order valence-corrected chi connectivity index (χ0v) is 16.0. The number of carbonyl (C=O) groups excluding carboxylic acids is 1. The van der Waals surface area contributed by atoms with E-state index >= 15 is 0 Å². The number of carbonyl (C=O) groups is 1. The zero-order chi connectivity index (χ0) is 18.7. The fourth-order valence-electron chi connectivity index (χ4n) is 3.17. The van der Waals surface area contributed by atoms with Crippen LogP contribution in [0.3, 0.4) is 0 Å². The third-order valence-electron chi connectivity index (χ3n) is 4.80. The molecule has 1 aliphatic heterocycles. The van der Waals surface area contributed by atoms with Gasteiger partial charge < -0.3 is 15.1 Å². The summed E-state index contributed by atoms with van der Waals surface area (Å²) in [7, 11) is 0. The third-order valence-corrected chi connectivity index (χ3v) is 4.80. The maximum Gasteiger partial charge on any atom is 0.254 e. The van der Waals surface area contributed by atoms with Crippen molar-refractivity contribution in [2.75, 3.05) is 36.0 Å². The molecule has 1 fully saturated rings. The van der Waals surface area contributed by atoms with Crippen LogP contribution in [0.25, 0.3) is 0 Å². The molecule has 3 rings (SSSR count). The minimum absolute atomic E-state index is 0.0975. The van der Waals surface area contributed by atoms with Gasteiger partial charge in [-0.15, -0.1) is 0 Å². The van der Waals surface area contributed by atoms with Crippen molar-refractivity contribution in [2.45, 2.75) is 33.7 Å². The minimum atomic E-state index is -0.133. The first-order valence-corrected chi connectivity index (χ1v) is 9.14. The lowest BCUT2D eigenvalue weighted by Crippen LogP contribution is -2.47. The quantitative estimate of drug-likeness (QED) is 0.915. The van der Waals surface area contributed by atoms with Crippen LogP contribution in [-0.2, 0) is 0 Å². The number of hydrogen-bond acceptors (Lipinski definition) is 5. The van der Waals surface area contributed by atoms with Gasteiger partial charge in [-0.1, -0.05) is 12.1 Å². The first kappa shape index (κ1) is 18.2. The van der Waals surface area contributed by atoms with Crippen LogP contribution in [0, 0.1) is 13.8 Å². The predicted molar refractivity (Wildman–Crippen MR) is 105 cm³/mol. The summed E-state index contributed by atoms with van der Waals surface area (Å²) in [6.07, 6.45) is 3.22. The fourth-order valence-corrected chi connectivity index (χ4v) is 3.17. The summed E-state index contributed by atoms with van der Waals surface area (Å²) in [6, 6.07) is 6.56. The zero-order valence-electron chi connectivity index (χ0n) is 16.0. The van der Waals surface area contributed by atoms with Gasteiger partial charge in [-0.25, -0.2) is 9.97 Å². The van der Waals surface area contributed by atoms with E-state index in [1.165, 1.54) is 16.8 Å². The summed E-state index contributed by atoms with van der Waals surface area (Å²) in [5, 5.41) is 2.85. The maximum absolute atomic E-state index is 12.0.